The quantitative estimate of drug-likeness (QED) is 0.235. The fourth-order valence-corrected chi connectivity index (χ4v) is 6.79. The number of hydrogen-bond acceptors (Lipinski definition) is 4. The van der Waals surface area contributed by atoms with E-state index in [1.54, 1.807) is 21.3 Å². The van der Waals surface area contributed by atoms with Gasteiger partial charge >= 0.3 is 0 Å². The van der Waals surface area contributed by atoms with Gasteiger partial charge in [-0.25, -0.2) is 0 Å². The molecule has 0 saturated carbocycles. The maximum absolute atomic E-state index is 14.6. The number of ether oxygens (including phenoxy) is 3. The highest BCUT2D eigenvalue weighted by atomic mass is 79.9. The molecule has 0 radical (unpaired) electrons. The number of methoxy groups -OCH3 is 3. The molecule has 6 heteroatoms. The van der Waals surface area contributed by atoms with Gasteiger partial charge in [0.05, 0.1) is 32.8 Å². The number of nitrogens with zero attached hydrogens (tertiary/aromatic N) is 1. The highest BCUT2D eigenvalue weighted by molar-refractivity contribution is 9.10. The van der Waals surface area contributed by atoms with Crippen LogP contribution in [0.3, 0.4) is 0 Å². The Morgan fingerprint density at radius 3 is 2.35 bits per heavy atom. The van der Waals surface area contributed by atoms with Gasteiger partial charge in [0.2, 0.25) is 0 Å². The predicted octanol–water partition coefficient (Wildman–Crippen LogP) is 6.81. The van der Waals surface area contributed by atoms with Crippen molar-refractivity contribution in [2.45, 2.75) is 24.4 Å². The molecule has 202 valence electrons. The molecular formula is C34H30BrNO4. The van der Waals surface area contributed by atoms with Gasteiger partial charge in [0.25, 0.3) is 5.91 Å². The van der Waals surface area contributed by atoms with Gasteiger partial charge in [0.15, 0.2) is 0 Å². The summed E-state index contributed by atoms with van der Waals surface area (Å²) in [7, 11) is 5.02. The van der Waals surface area contributed by atoms with Crippen LogP contribution in [0.15, 0.2) is 102 Å². The largest absolute Gasteiger partial charge is 0.497 e. The summed E-state index contributed by atoms with van der Waals surface area (Å²) >= 11 is 3.73. The molecule has 0 bridgehead atoms. The zero-order chi connectivity index (χ0) is 27.9. The van der Waals surface area contributed by atoms with Crippen LogP contribution in [0.5, 0.6) is 17.2 Å². The number of amides is 1. The topological polar surface area (TPSA) is 48.0 Å². The number of hydrogen-bond donors (Lipinski definition) is 0. The van der Waals surface area contributed by atoms with Crippen LogP contribution in [0.1, 0.15) is 27.8 Å². The smallest absolute Gasteiger partial charge is 0.254 e. The SMILES string of the molecule is COc1cccc([C@]23C=C(c4cc(OC)ccc4Br)C(=O)N(Cc4ccccc4)[C@H]2Cc2cccc(OC)c23)c1. The van der Waals surface area contributed by atoms with Crippen LogP contribution in [-0.2, 0) is 23.2 Å². The first kappa shape index (κ1) is 26.2. The Hall–Kier alpha value is -4.03. The Morgan fingerprint density at radius 1 is 0.850 bits per heavy atom. The first-order chi connectivity index (χ1) is 19.5. The van der Waals surface area contributed by atoms with Gasteiger partial charge in [0.1, 0.15) is 17.2 Å². The van der Waals surface area contributed by atoms with Crippen molar-refractivity contribution in [3.05, 3.63) is 129 Å². The summed E-state index contributed by atoms with van der Waals surface area (Å²) in [4.78, 5) is 16.6. The third-order valence-electron chi connectivity index (χ3n) is 8.13. The van der Waals surface area contributed by atoms with Crippen molar-refractivity contribution in [1.82, 2.24) is 4.90 Å². The monoisotopic (exact) mass is 595 g/mol. The summed E-state index contributed by atoms with van der Waals surface area (Å²) in [6.45, 7) is 0.477. The Morgan fingerprint density at radius 2 is 1.60 bits per heavy atom. The number of carbonyl (C=O) groups excluding carboxylic acids is 1. The van der Waals surface area contributed by atoms with E-state index in [2.05, 4.69) is 52.3 Å². The summed E-state index contributed by atoms with van der Waals surface area (Å²) in [5.74, 6) is 2.23. The van der Waals surface area contributed by atoms with Crippen LogP contribution < -0.4 is 14.2 Å². The first-order valence-electron chi connectivity index (χ1n) is 13.2. The lowest BCUT2D eigenvalue weighted by atomic mass is 9.68. The van der Waals surface area contributed by atoms with Crippen LogP contribution in [0, 0.1) is 0 Å². The summed E-state index contributed by atoms with van der Waals surface area (Å²) in [5.41, 5.74) is 5.08. The lowest BCUT2D eigenvalue weighted by Gasteiger charge is -2.46. The lowest BCUT2D eigenvalue weighted by molar-refractivity contribution is -0.129. The van der Waals surface area contributed by atoms with Gasteiger partial charge in [-0.3, -0.25) is 4.79 Å². The Labute approximate surface area is 243 Å². The minimum absolute atomic E-state index is 0.0203. The molecule has 1 amide bonds. The second-order valence-corrected chi connectivity index (χ2v) is 11.0. The van der Waals surface area contributed by atoms with Crippen molar-refractivity contribution >= 4 is 27.4 Å². The first-order valence-corrected chi connectivity index (χ1v) is 14.0. The molecule has 0 N–H and O–H groups in total. The molecule has 0 saturated heterocycles. The molecule has 40 heavy (non-hydrogen) atoms. The van der Waals surface area contributed by atoms with E-state index < -0.39 is 5.41 Å². The van der Waals surface area contributed by atoms with Crippen molar-refractivity contribution in [3.8, 4) is 17.2 Å². The predicted molar refractivity (Wildman–Crippen MR) is 160 cm³/mol. The van der Waals surface area contributed by atoms with E-state index >= 15 is 0 Å². The second-order valence-electron chi connectivity index (χ2n) is 10.1. The zero-order valence-electron chi connectivity index (χ0n) is 22.7. The molecule has 2 aliphatic rings. The summed E-state index contributed by atoms with van der Waals surface area (Å²) in [5, 5.41) is 0. The summed E-state index contributed by atoms with van der Waals surface area (Å²) in [6, 6.07) is 30.1. The van der Waals surface area contributed by atoms with E-state index in [4.69, 9.17) is 14.2 Å². The van der Waals surface area contributed by atoms with Crippen molar-refractivity contribution in [2.75, 3.05) is 21.3 Å². The van der Waals surface area contributed by atoms with Gasteiger partial charge in [-0.2, -0.15) is 0 Å². The maximum atomic E-state index is 14.6. The summed E-state index contributed by atoms with van der Waals surface area (Å²) < 4.78 is 18.1. The van der Waals surface area contributed by atoms with Crippen LogP contribution in [-0.4, -0.2) is 38.2 Å². The standard InChI is InChI=1S/C34H30BrNO4/c1-38-25-13-8-12-24(18-25)34-20-28(27-19-26(39-2)15-16-29(27)35)33(37)36(21-22-9-5-4-6-10-22)31(34)17-23-11-7-14-30(40-3)32(23)34/h4-16,18-20,31H,17,21H2,1-3H3/t31-,34+/m0/s1. The normalized spacial score (nSPS) is 19.5. The van der Waals surface area contributed by atoms with Gasteiger partial charge in [-0.1, -0.05) is 76.6 Å². The summed E-state index contributed by atoms with van der Waals surface area (Å²) in [6.07, 6.45) is 2.86. The van der Waals surface area contributed by atoms with Crippen LogP contribution >= 0.6 is 15.9 Å². The second kappa shape index (κ2) is 10.5. The number of halogens is 1. The molecule has 0 fully saturated rings. The molecule has 4 aromatic rings. The molecular weight excluding hydrogens is 566 g/mol. The Bertz CT molecular complexity index is 1620. The fourth-order valence-electron chi connectivity index (χ4n) is 6.33. The number of benzene rings is 4. The van der Waals surface area contributed by atoms with Crippen LogP contribution in [0.2, 0.25) is 0 Å². The highest BCUT2D eigenvalue weighted by Gasteiger charge is 2.55. The van der Waals surface area contributed by atoms with Gasteiger partial charge < -0.3 is 19.1 Å². The average Bonchev–Trinajstić information content (AvgIpc) is 3.35. The van der Waals surface area contributed by atoms with E-state index in [1.807, 2.05) is 65.6 Å². The maximum Gasteiger partial charge on any atom is 0.254 e. The van der Waals surface area contributed by atoms with E-state index in [0.717, 1.165) is 38.2 Å². The van der Waals surface area contributed by atoms with Crippen molar-refractivity contribution in [1.29, 1.82) is 0 Å². The zero-order valence-corrected chi connectivity index (χ0v) is 24.3. The average molecular weight is 597 g/mol. The molecule has 1 heterocycles. The number of carbonyl (C=O) groups is 1. The Kier molecular flexibility index (Phi) is 6.88. The lowest BCUT2D eigenvalue weighted by Crippen LogP contribution is -2.54. The minimum Gasteiger partial charge on any atom is -0.497 e. The van der Waals surface area contributed by atoms with Crippen molar-refractivity contribution < 1.29 is 19.0 Å². The van der Waals surface area contributed by atoms with E-state index in [0.29, 0.717) is 24.3 Å². The van der Waals surface area contributed by atoms with Crippen LogP contribution in [0.25, 0.3) is 5.57 Å². The number of rotatable bonds is 7. The molecule has 0 spiro atoms. The molecule has 5 nitrogen and oxygen atoms in total. The van der Waals surface area contributed by atoms with E-state index in [1.165, 1.54) is 5.56 Å². The molecule has 1 aliphatic heterocycles. The highest BCUT2D eigenvalue weighted by Crippen LogP contribution is 2.55. The number of fused-ring (bicyclic) bond motifs is 3. The minimum atomic E-state index is -0.684. The third-order valence-corrected chi connectivity index (χ3v) is 8.82. The molecule has 2 atom stereocenters. The van der Waals surface area contributed by atoms with Gasteiger partial charge in [-0.05, 0) is 59.5 Å². The molecule has 0 aromatic heterocycles. The van der Waals surface area contributed by atoms with Gasteiger partial charge in [0, 0.05) is 27.7 Å². The molecule has 1 aliphatic carbocycles. The van der Waals surface area contributed by atoms with Gasteiger partial charge in [-0.15, -0.1) is 0 Å². The van der Waals surface area contributed by atoms with E-state index in [-0.39, 0.29) is 11.9 Å². The van der Waals surface area contributed by atoms with E-state index in [9.17, 15) is 4.79 Å². The molecule has 6 rings (SSSR count). The van der Waals surface area contributed by atoms with Crippen molar-refractivity contribution in [3.63, 3.8) is 0 Å². The van der Waals surface area contributed by atoms with Crippen molar-refractivity contribution in [2.24, 2.45) is 0 Å². The molecule has 4 aromatic carbocycles. The van der Waals surface area contributed by atoms with Crippen LogP contribution in [0.4, 0.5) is 0 Å². The fraction of sp³-hybridized carbons (Fsp3) is 0.206. The Balaban J connectivity index is 1.69. The third kappa shape index (κ3) is 4.18. The molecule has 0 unspecified atom stereocenters.